The first kappa shape index (κ1) is 23.9. The molecule has 0 bridgehead atoms. The van der Waals surface area contributed by atoms with E-state index in [9.17, 15) is 26.4 Å². The molecule has 0 saturated carbocycles. The number of benzene rings is 2. The van der Waals surface area contributed by atoms with Gasteiger partial charge in [0.25, 0.3) is 10.0 Å². The average molecular weight is 527 g/mol. The summed E-state index contributed by atoms with van der Waals surface area (Å²) in [6, 6.07) is 12.3. The molecule has 1 N–H and O–H groups in total. The molecule has 0 aliphatic heterocycles. The SMILES string of the molecule is O=C(CCc1cccnc1)Cc1ccc(NS(=O)(=O)c2cc(Br)cc(C(F)(F)F)c2)cc1. The number of pyridine rings is 1. The first-order valence-electron chi connectivity index (χ1n) is 9.43. The zero-order valence-electron chi connectivity index (χ0n) is 16.6. The predicted molar refractivity (Wildman–Crippen MR) is 118 cm³/mol. The average Bonchev–Trinajstić information content (AvgIpc) is 2.73. The van der Waals surface area contributed by atoms with Crippen molar-refractivity contribution in [1.82, 2.24) is 4.98 Å². The molecule has 0 unspecified atom stereocenters. The number of nitrogens with one attached hydrogen (secondary N) is 1. The maximum absolute atomic E-state index is 13.0. The van der Waals surface area contributed by atoms with Gasteiger partial charge in [0.2, 0.25) is 0 Å². The molecule has 0 aliphatic rings. The van der Waals surface area contributed by atoms with Crippen molar-refractivity contribution in [1.29, 1.82) is 0 Å². The highest BCUT2D eigenvalue weighted by molar-refractivity contribution is 9.10. The topological polar surface area (TPSA) is 76.1 Å². The van der Waals surface area contributed by atoms with Crippen LogP contribution in [0.1, 0.15) is 23.1 Å². The van der Waals surface area contributed by atoms with Crippen LogP contribution in [0.2, 0.25) is 0 Å². The Morgan fingerprint density at radius 3 is 2.38 bits per heavy atom. The summed E-state index contributed by atoms with van der Waals surface area (Å²) in [6.07, 6.45) is -0.196. The van der Waals surface area contributed by atoms with E-state index in [1.165, 1.54) is 12.1 Å². The number of hydrogen-bond acceptors (Lipinski definition) is 4. The number of hydrogen-bond donors (Lipinski definition) is 1. The monoisotopic (exact) mass is 526 g/mol. The molecular formula is C22H18BrF3N2O3S. The van der Waals surface area contributed by atoms with Crippen LogP contribution in [0.5, 0.6) is 0 Å². The summed E-state index contributed by atoms with van der Waals surface area (Å²) in [4.78, 5) is 15.7. The second-order valence-electron chi connectivity index (χ2n) is 7.05. The highest BCUT2D eigenvalue weighted by Gasteiger charge is 2.32. The number of Topliss-reactive ketones (excluding diaryl/α,β-unsaturated/α-hetero) is 1. The van der Waals surface area contributed by atoms with E-state index in [0.29, 0.717) is 24.5 Å². The summed E-state index contributed by atoms with van der Waals surface area (Å²) in [5.74, 6) is 0.0241. The molecule has 32 heavy (non-hydrogen) atoms. The molecule has 0 radical (unpaired) electrons. The molecular weight excluding hydrogens is 509 g/mol. The Balaban J connectivity index is 1.65. The molecule has 0 aliphatic carbocycles. The lowest BCUT2D eigenvalue weighted by molar-refractivity contribution is -0.137. The zero-order valence-corrected chi connectivity index (χ0v) is 19.0. The summed E-state index contributed by atoms with van der Waals surface area (Å²) in [7, 11) is -4.25. The van der Waals surface area contributed by atoms with Gasteiger partial charge in [-0.05, 0) is 53.9 Å². The van der Waals surface area contributed by atoms with E-state index in [0.717, 1.165) is 17.7 Å². The molecule has 1 aromatic heterocycles. The molecule has 168 valence electrons. The summed E-state index contributed by atoms with van der Waals surface area (Å²) >= 11 is 2.92. The quantitative estimate of drug-likeness (QED) is 0.425. The van der Waals surface area contributed by atoms with Crippen molar-refractivity contribution >= 4 is 37.4 Å². The number of nitrogens with zero attached hydrogens (tertiary/aromatic N) is 1. The van der Waals surface area contributed by atoms with Gasteiger partial charge in [-0.1, -0.05) is 34.1 Å². The maximum Gasteiger partial charge on any atom is 0.416 e. The van der Waals surface area contributed by atoms with Crippen LogP contribution in [-0.4, -0.2) is 19.2 Å². The molecule has 3 rings (SSSR count). The van der Waals surface area contributed by atoms with Crippen molar-refractivity contribution in [3.8, 4) is 0 Å². The van der Waals surface area contributed by atoms with E-state index in [2.05, 4.69) is 25.6 Å². The number of alkyl halides is 3. The number of rotatable bonds is 8. The number of carbonyl (C=O) groups excluding carboxylic acids is 1. The normalized spacial score (nSPS) is 11.9. The summed E-state index contributed by atoms with van der Waals surface area (Å²) in [6.45, 7) is 0. The zero-order chi connectivity index (χ0) is 23.4. The van der Waals surface area contributed by atoms with Crippen LogP contribution in [0.15, 0.2) is 76.4 Å². The second kappa shape index (κ2) is 9.83. The van der Waals surface area contributed by atoms with Crippen molar-refractivity contribution in [2.24, 2.45) is 0 Å². The second-order valence-corrected chi connectivity index (χ2v) is 9.65. The molecule has 10 heteroatoms. The van der Waals surface area contributed by atoms with Crippen LogP contribution < -0.4 is 4.72 Å². The van der Waals surface area contributed by atoms with Crippen molar-refractivity contribution in [3.63, 3.8) is 0 Å². The van der Waals surface area contributed by atoms with Crippen molar-refractivity contribution in [2.45, 2.75) is 30.3 Å². The van der Waals surface area contributed by atoms with Gasteiger partial charge in [-0.25, -0.2) is 8.42 Å². The van der Waals surface area contributed by atoms with Gasteiger partial charge < -0.3 is 0 Å². The highest BCUT2D eigenvalue weighted by Crippen LogP contribution is 2.33. The van der Waals surface area contributed by atoms with Gasteiger partial charge in [0.1, 0.15) is 5.78 Å². The van der Waals surface area contributed by atoms with E-state index in [1.54, 1.807) is 30.6 Å². The maximum atomic E-state index is 13.0. The van der Waals surface area contributed by atoms with Crippen LogP contribution in [0.4, 0.5) is 18.9 Å². The third kappa shape index (κ3) is 6.64. The molecule has 1 heterocycles. The Morgan fingerprint density at radius 1 is 1.03 bits per heavy atom. The predicted octanol–water partition coefficient (Wildman–Crippen LogP) is 5.41. The first-order chi connectivity index (χ1) is 15.0. The summed E-state index contributed by atoms with van der Waals surface area (Å²) in [5.41, 5.74) is 0.760. The Kier molecular flexibility index (Phi) is 7.35. The van der Waals surface area contributed by atoms with Crippen molar-refractivity contribution < 1.29 is 26.4 Å². The molecule has 0 amide bonds. The van der Waals surface area contributed by atoms with Crippen LogP contribution in [0.25, 0.3) is 0 Å². The number of aryl methyl sites for hydroxylation is 1. The number of aromatic nitrogens is 1. The lowest BCUT2D eigenvalue weighted by atomic mass is 10.0. The fourth-order valence-corrected chi connectivity index (χ4v) is 4.71. The van der Waals surface area contributed by atoms with Crippen molar-refractivity contribution in [3.05, 3.63) is 88.2 Å². The Bertz CT molecular complexity index is 1200. The Labute approximate surface area is 191 Å². The fraction of sp³-hybridized carbons (Fsp3) is 0.182. The smallest absolute Gasteiger partial charge is 0.299 e. The van der Waals surface area contributed by atoms with Crippen LogP contribution in [0.3, 0.4) is 0 Å². The van der Waals surface area contributed by atoms with Crippen LogP contribution >= 0.6 is 15.9 Å². The van der Waals surface area contributed by atoms with Gasteiger partial charge in [-0.2, -0.15) is 13.2 Å². The van der Waals surface area contributed by atoms with Crippen LogP contribution in [-0.2, 0) is 33.8 Å². The lowest BCUT2D eigenvalue weighted by Gasteiger charge is -2.12. The third-order valence-electron chi connectivity index (χ3n) is 4.53. The Hall–Kier alpha value is -2.72. The van der Waals surface area contributed by atoms with E-state index in [1.807, 2.05) is 6.07 Å². The van der Waals surface area contributed by atoms with E-state index >= 15 is 0 Å². The Morgan fingerprint density at radius 2 is 1.75 bits per heavy atom. The van der Waals surface area contributed by atoms with Gasteiger partial charge in [0, 0.05) is 35.4 Å². The summed E-state index contributed by atoms with van der Waals surface area (Å²) < 4.78 is 66.4. The van der Waals surface area contributed by atoms with E-state index < -0.39 is 26.7 Å². The van der Waals surface area contributed by atoms with Crippen molar-refractivity contribution in [2.75, 3.05) is 4.72 Å². The molecule has 0 fully saturated rings. The molecule has 0 saturated heterocycles. The van der Waals surface area contributed by atoms with Gasteiger partial charge in [-0.3, -0.25) is 14.5 Å². The van der Waals surface area contributed by atoms with E-state index in [4.69, 9.17) is 0 Å². The van der Waals surface area contributed by atoms with Gasteiger partial charge in [0.15, 0.2) is 0 Å². The number of ketones is 1. The number of anilines is 1. The molecule has 2 aromatic carbocycles. The molecule has 3 aromatic rings. The number of carbonyl (C=O) groups is 1. The number of halogens is 4. The highest BCUT2D eigenvalue weighted by atomic mass is 79.9. The molecule has 0 atom stereocenters. The largest absolute Gasteiger partial charge is 0.416 e. The van der Waals surface area contributed by atoms with E-state index in [-0.39, 0.29) is 22.4 Å². The standard InChI is InChI=1S/C22H18BrF3N2O3S/c23-18-11-17(22(24,25)26)12-21(13-18)32(30,31)28-19-6-3-15(4-7-19)10-20(29)8-5-16-2-1-9-27-14-16/h1-4,6-7,9,11-14,28H,5,8,10H2. The molecule has 0 spiro atoms. The summed E-state index contributed by atoms with van der Waals surface area (Å²) in [5, 5.41) is 0. The number of sulfonamides is 1. The fourth-order valence-electron chi connectivity index (χ4n) is 2.93. The minimum absolute atomic E-state index is 0.00663. The lowest BCUT2D eigenvalue weighted by Crippen LogP contribution is -2.15. The minimum atomic E-state index is -4.68. The van der Waals surface area contributed by atoms with Gasteiger partial charge in [-0.15, -0.1) is 0 Å². The van der Waals surface area contributed by atoms with Crippen LogP contribution in [0, 0.1) is 0 Å². The first-order valence-corrected chi connectivity index (χ1v) is 11.7. The third-order valence-corrected chi connectivity index (χ3v) is 6.35. The molecule has 5 nitrogen and oxygen atoms in total. The van der Waals surface area contributed by atoms with Gasteiger partial charge in [0.05, 0.1) is 10.5 Å². The van der Waals surface area contributed by atoms with Gasteiger partial charge >= 0.3 is 6.18 Å². The minimum Gasteiger partial charge on any atom is -0.299 e.